The quantitative estimate of drug-likeness (QED) is 0.328. The molecule has 0 radical (unpaired) electrons. The molecule has 0 saturated carbocycles. The van der Waals surface area contributed by atoms with Gasteiger partial charge in [0.15, 0.2) is 0 Å². The molecular formula is C24H34BrClN2O. The van der Waals surface area contributed by atoms with E-state index in [1.54, 1.807) is 18.2 Å². The van der Waals surface area contributed by atoms with E-state index in [2.05, 4.69) is 27.0 Å². The van der Waals surface area contributed by atoms with Gasteiger partial charge in [-0.2, -0.15) is 5.26 Å². The highest BCUT2D eigenvalue weighted by molar-refractivity contribution is 9.10. The van der Waals surface area contributed by atoms with Gasteiger partial charge in [-0.1, -0.05) is 74.1 Å². The molecule has 0 amide bonds. The average Bonchev–Trinajstić information content (AvgIpc) is 2.53. The number of halogens is 2. The van der Waals surface area contributed by atoms with Gasteiger partial charge >= 0.3 is 0 Å². The second kappa shape index (κ2) is 12.0. The largest absolute Gasteiger partial charge is 0.508 e. The Labute approximate surface area is 190 Å². The van der Waals surface area contributed by atoms with E-state index in [1.807, 2.05) is 65.8 Å². The summed E-state index contributed by atoms with van der Waals surface area (Å²) in [5.74, 6) is 0.312. The monoisotopic (exact) mass is 480 g/mol. The van der Waals surface area contributed by atoms with Crippen LogP contribution >= 0.6 is 27.5 Å². The molecule has 0 saturated heterocycles. The smallest absolute Gasteiger partial charge is 0.119 e. The molecule has 2 aromatic rings. The van der Waals surface area contributed by atoms with Crippen molar-refractivity contribution in [2.45, 2.75) is 61.8 Å². The predicted octanol–water partition coefficient (Wildman–Crippen LogP) is 8.41. The zero-order chi connectivity index (χ0) is 20.8. The first-order valence-corrected chi connectivity index (χ1v) is 9.75. The van der Waals surface area contributed by atoms with Crippen molar-refractivity contribution in [3.8, 4) is 11.8 Å². The lowest BCUT2D eigenvalue weighted by Crippen LogP contribution is -2.10. The molecule has 1 aromatic heterocycles. The van der Waals surface area contributed by atoms with E-state index in [1.165, 1.54) is 0 Å². The maximum Gasteiger partial charge on any atom is 0.119 e. The number of benzene rings is 1. The van der Waals surface area contributed by atoms with Gasteiger partial charge in [0.1, 0.15) is 10.4 Å². The maximum absolute atomic E-state index is 9.51. The Morgan fingerprint density at radius 2 is 1.69 bits per heavy atom. The molecular weight excluding hydrogens is 448 g/mol. The lowest BCUT2D eigenvalue weighted by molar-refractivity contribution is 0.447. The van der Waals surface area contributed by atoms with E-state index in [9.17, 15) is 5.11 Å². The molecule has 1 aromatic carbocycles. The zero-order valence-corrected chi connectivity index (χ0v) is 19.0. The molecule has 0 bridgehead atoms. The predicted molar refractivity (Wildman–Crippen MR) is 130 cm³/mol. The molecule has 0 aliphatic rings. The molecule has 0 aliphatic carbocycles. The normalized spacial score (nSPS) is 11.2. The third kappa shape index (κ3) is 9.96. The summed E-state index contributed by atoms with van der Waals surface area (Å²) < 4.78 is 0.780. The SMILES string of the molecule is C.C.CC(C)(C)/C(C#N)=C/c1cccc(Br)n1.CC(C)(C)c1cc(Cl)ccc1O. The van der Waals surface area contributed by atoms with Crippen molar-refractivity contribution in [3.05, 3.63) is 62.9 Å². The summed E-state index contributed by atoms with van der Waals surface area (Å²) in [4.78, 5) is 4.26. The Hall–Kier alpha value is -1.83. The van der Waals surface area contributed by atoms with Crippen LogP contribution in [0.1, 0.15) is 67.7 Å². The lowest BCUT2D eigenvalue weighted by Gasteiger charge is -2.20. The molecule has 2 rings (SSSR count). The Bertz CT molecular complexity index is 856. The van der Waals surface area contributed by atoms with Gasteiger partial charge in [0, 0.05) is 16.2 Å². The van der Waals surface area contributed by atoms with Crippen molar-refractivity contribution >= 4 is 33.6 Å². The van der Waals surface area contributed by atoms with Crippen molar-refractivity contribution in [3.63, 3.8) is 0 Å². The van der Waals surface area contributed by atoms with Gasteiger partial charge < -0.3 is 5.11 Å². The van der Waals surface area contributed by atoms with Crippen molar-refractivity contribution < 1.29 is 5.11 Å². The van der Waals surface area contributed by atoms with Crippen LogP contribution in [0.15, 0.2) is 46.6 Å². The van der Waals surface area contributed by atoms with E-state index in [0.29, 0.717) is 10.8 Å². The van der Waals surface area contributed by atoms with Gasteiger partial charge in [-0.05, 0) is 63.2 Å². The number of aromatic nitrogens is 1. The highest BCUT2D eigenvalue weighted by atomic mass is 79.9. The third-order valence-electron chi connectivity index (χ3n) is 3.72. The van der Waals surface area contributed by atoms with Crippen LogP contribution in [0.4, 0.5) is 0 Å². The van der Waals surface area contributed by atoms with E-state index in [4.69, 9.17) is 16.9 Å². The topological polar surface area (TPSA) is 56.9 Å². The third-order valence-corrected chi connectivity index (χ3v) is 4.40. The van der Waals surface area contributed by atoms with E-state index < -0.39 is 0 Å². The fraction of sp³-hybridized carbons (Fsp3) is 0.417. The fourth-order valence-electron chi connectivity index (χ4n) is 2.18. The number of phenolic OH excluding ortho intramolecular Hbond substituents is 1. The molecule has 5 heteroatoms. The average molecular weight is 482 g/mol. The molecule has 0 fully saturated rings. The van der Waals surface area contributed by atoms with Gasteiger partial charge in [0.05, 0.1) is 11.8 Å². The van der Waals surface area contributed by atoms with Gasteiger partial charge in [-0.3, -0.25) is 0 Å². The van der Waals surface area contributed by atoms with E-state index in [0.717, 1.165) is 21.4 Å². The van der Waals surface area contributed by atoms with Crippen LogP contribution in [0.25, 0.3) is 6.08 Å². The number of rotatable bonds is 1. The number of nitriles is 1. The number of phenols is 1. The van der Waals surface area contributed by atoms with E-state index >= 15 is 0 Å². The number of allylic oxidation sites excluding steroid dienone is 1. The van der Waals surface area contributed by atoms with Crippen molar-refractivity contribution in [2.24, 2.45) is 5.41 Å². The number of hydrogen-bond donors (Lipinski definition) is 1. The number of nitrogens with zero attached hydrogens (tertiary/aromatic N) is 2. The minimum atomic E-state index is -0.140. The molecule has 0 unspecified atom stereocenters. The van der Waals surface area contributed by atoms with Crippen molar-refractivity contribution in [2.75, 3.05) is 0 Å². The summed E-state index contributed by atoms with van der Waals surface area (Å²) in [6, 6.07) is 13.0. The van der Waals surface area contributed by atoms with Crippen LogP contribution in [0, 0.1) is 16.7 Å². The summed E-state index contributed by atoms with van der Waals surface area (Å²) in [7, 11) is 0. The van der Waals surface area contributed by atoms with Crippen LogP contribution in [-0.2, 0) is 5.41 Å². The summed E-state index contributed by atoms with van der Waals surface area (Å²) >= 11 is 9.11. The number of aromatic hydroxyl groups is 1. The van der Waals surface area contributed by atoms with Crippen molar-refractivity contribution in [1.82, 2.24) is 4.98 Å². The Kier molecular flexibility index (Phi) is 12.2. The first-order chi connectivity index (χ1) is 12.3. The molecule has 1 heterocycles. The summed E-state index contributed by atoms with van der Waals surface area (Å²) in [5.41, 5.74) is 2.22. The molecule has 1 N–H and O–H groups in total. The zero-order valence-electron chi connectivity index (χ0n) is 16.6. The van der Waals surface area contributed by atoms with Crippen LogP contribution < -0.4 is 0 Å². The van der Waals surface area contributed by atoms with Gasteiger partial charge in [-0.15, -0.1) is 0 Å². The summed E-state index contributed by atoms with van der Waals surface area (Å²) in [5, 5.41) is 19.2. The van der Waals surface area contributed by atoms with Crippen LogP contribution in [0.3, 0.4) is 0 Å². The maximum atomic E-state index is 9.51. The molecule has 0 aliphatic heterocycles. The lowest BCUT2D eigenvalue weighted by atomic mass is 9.86. The van der Waals surface area contributed by atoms with Crippen molar-refractivity contribution in [1.29, 1.82) is 5.26 Å². The van der Waals surface area contributed by atoms with Gasteiger partial charge in [0.25, 0.3) is 0 Å². The highest BCUT2D eigenvalue weighted by Crippen LogP contribution is 2.32. The first-order valence-electron chi connectivity index (χ1n) is 8.58. The molecule has 0 spiro atoms. The standard InChI is InChI=1S/C12H13BrN2.C10H13ClO.2CH4/c1-12(2,3)9(8-14)7-10-5-4-6-11(13)15-10;1-10(2,3)8-6-7(11)4-5-9(8)12;;/h4-7H,1-3H3;4-6,12H,1-3H3;2*1H4/b9-7+;;;. The Morgan fingerprint density at radius 1 is 1.10 bits per heavy atom. The van der Waals surface area contributed by atoms with E-state index in [-0.39, 0.29) is 25.7 Å². The molecule has 29 heavy (non-hydrogen) atoms. The van der Waals surface area contributed by atoms with Crippen LogP contribution in [-0.4, -0.2) is 10.1 Å². The Balaban J connectivity index is 0. The second-order valence-corrected chi connectivity index (χ2v) is 9.47. The molecule has 3 nitrogen and oxygen atoms in total. The fourth-order valence-corrected chi connectivity index (χ4v) is 2.71. The highest BCUT2D eigenvalue weighted by Gasteiger charge is 2.18. The molecule has 0 atom stereocenters. The second-order valence-electron chi connectivity index (χ2n) is 8.22. The van der Waals surface area contributed by atoms with Crippen LogP contribution in [0.5, 0.6) is 5.75 Å². The van der Waals surface area contributed by atoms with Gasteiger partial charge in [-0.25, -0.2) is 4.98 Å². The molecule has 160 valence electrons. The minimum Gasteiger partial charge on any atom is -0.508 e. The number of hydrogen-bond acceptors (Lipinski definition) is 3. The van der Waals surface area contributed by atoms with Crippen LogP contribution in [0.2, 0.25) is 5.02 Å². The number of pyridine rings is 1. The summed E-state index contributed by atoms with van der Waals surface area (Å²) in [6.45, 7) is 12.2. The Morgan fingerprint density at radius 3 is 2.10 bits per heavy atom. The first kappa shape index (κ1) is 29.4. The minimum absolute atomic E-state index is 0. The van der Waals surface area contributed by atoms with Gasteiger partial charge in [0.2, 0.25) is 0 Å². The summed E-state index contributed by atoms with van der Waals surface area (Å²) in [6.07, 6.45) is 1.82.